The summed E-state index contributed by atoms with van der Waals surface area (Å²) in [6, 6.07) is 7.61. The second-order valence-corrected chi connectivity index (χ2v) is 6.98. The molecule has 0 saturated carbocycles. The average Bonchev–Trinajstić information content (AvgIpc) is 3.16. The van der Waals surface area contributed by atoms with Crippen LogP contribution in [-0.2, 0) is 0 Å². The summed E-state index contributed by atoms with van der Waals surface area (Å²) in [4.78, 5) is 23.3. The number of anilines is 1. The topological polar surface area (TPSA) is 58.1 Å². The van der Waals surface area contributed by atoms with E-state index < -0.39 is 0 Å². The molecule has 1 aliphatic rings. The third-order valence-electron chi connectivity index (χ3n) is 4.51. The molecule has 1 N–H and O–H groups in total. The fourth-order valence-electron chi connectivity index (χ4n) is 2.94. The van der Waals surface area contributed by atoms with Crippen LogP contribution in [0.25, 0.3) is 11.1 Å². The van der Waals surface area contributed by atoms with Crippen molar-refractivity contribution in [1.82, 2.24) is 15.3 Å². The second-order valence-electron chi connectivity index (χ2n) is 6.98. The molecule has 0 atom stereocenters. The molecule has 0 unspecified atom stereocenters. The van der Waals surface area contributed by atoms with Crippen molar-refractivity contribution in [2.45, 2.75) is 33.1 Å². The van der Waals surface area contributed by atoms with E-state index in [4.69, 9.17) is 0 Å². The summed E-state index contributed by atoms with van der Waals surface area (Å²) in [5.41, 5.74) is 2.67. The molecule has 1 aliphatic heterocycles. The minimum atomic E-state index is -0.0205. The summed E-state index contributed by atoms with van der Waals surface area (Å²) in [6.07, 6.45) is 7.14. The normalized spacial score (nSPS) is 14.1. The molecule has 5 nitrogen and oxygen atoms in total. The molecule has 25 heavy (non-hydrogen) atoms. The molecule has 0 bridgehead atoms. The van der Waals surface area contributed by atoms with E-state index in [9.17, 15) is 4.79 Å². The maximum atomic E-state index is 12.1. The van der Waals surface area contributed by atoms with Gasteiger partial charge in [-0.15, -0.1) is 0 Å². The first-order valence-corrected chi connectivity index (χ1v) is 9.09. The van der Waals surface area contributed by atoms with Gasteiger partial charge in [-0.3, -0.25) is 4.79 Å². The standard InChI is InChI=1S/C20H26N4O/c1-15(2)9-10-21-19(25)17-7-5-16(6-8-17)18-13-22-20(23-14-18)24-11-3-4-12-24/h5-8,13-15H,3-4,9-12H2,1-2H3,(H,21,25). The minimum absolute atomic E-state index is 0.0205. The number of hydrogen-bond acceptors (Lipinski definition) is 4. The molecule has 2 heterocycles. The number of nitrogens with one attached hydrogen (secondary N) is 1. The van der Waals surface area contributed by atoms with E-state index in [1.807, 2.05) is 36.7 Å². The predicted molar refractivity (Wildman–Crippen MR) is 101 cm³/mol. The van der Waals surface area contributed by atoms with E-state index in [1.165, 1.54) is 12.8 Å². The second kappa shape index (κ2) is 8.10. The van der Waals surface area contributed by atoms with Crippen molar-refractivity contribution in [1.29, 1.82) is 0 Å². The maximum Gasteiger partial charge on any atom is 0.251 e. The van der Waals surface area contributed by atoms with Gasteiger partial charge in [-0.2, -0.15) is 0 Å². The average molecular weight is 338 g/mol. The van der Waals surface area contributed by atoms with Crippen LogP contribution in [0.2, 0.25) is 0 Å². The first-order valence-electron chi connectivity index (χ1n) is 9.09. The largest absolute Gasteiger partial charge is 0.352 e. The Kier molecular flexibility index (Phi) is 5.64. The monoisotopic (exact) mass is 338 g/mol. The van der Waals surface area contributed by atoms with Crippen LogP contribution in [0.5, 0.6) is 0 Å². The molecule has 132 valence electrons. The van der Waals surface area contributed by atoms with Crippen LogP contribution >= 0.6 is 0 Å². The van der Waals surface area contributed by atoms with Gasteiger partial charge in [0.2, 0.25) is 5.95 Å². The molecule has 5 heteroatoms. The quantitative estimate of drug-likeness (QED) is 0.875. The molecular formula is C20H26N4O. The molecule has 0 aliphatic carbocycles. The number of hydrogen-bond donors (Lipinski definition) is 1. The SMILES string of the molecule is CC(C)CCNC(=O)c1ccc(-c2cnc(N3CCCC3)nc2)cc1. The van der Waals surface area contributed by atoms with Crippen LogP contribution in [0, 0.1) is 5.92 Å². The lowest BCUT2D eigenvalue weighted by atomic mass is 10.1. The Hall–Kier alpha value is -2.43. The van der Waals surface area contributed by atoms with Gasteiger partial charge in [0.15, 0.2) is 0 Å². The molecule has 0 spiro atoms. The van der Waals surface area contributed by atoms with Crippen molar-refractivity contribution < 1.29 is 4.79 Å². The number of rotatable bonds is 6. The van der Waals surface area contributed by atoms with Gasteiger partial charge in [-0.05, 0) is 42.9 Å². The highest BCUT2D eigenvalue weighted by atomic mass is 16.1. The Labute approximate surface area is 149 Å². The van der Waals surface area contributed by atoms with Gasteiger partial charge in [0.25, 0.3) is 5.91 Å². The lowest BCUT2D eigenvalue weighted by Crippen LogP contribution is -2.25. The van der Waals surface area contributed by atoms with Crippen LogP contribution in [0.3, 0.4) is 0 Å². The minimum Gasteiger partial charge on any atom is -0.352 e. The zero-order chi connectivity index (χ0) is 17.6. The van der Waals surface area contributed by atoms with E-state index >= 15 is 0 Å². The number of nitrogens with zero attached hydrogens (tertiary/aromatic N) is 3. The highest BCUT2D eigenvalue weighted by Crippen LogP contribution is 2.21. The summed E-state index contributed by atoms with van der Waals surface area (Å²) < 4.78 is 0. The Bertz CT molecular complexity index is 689. The van der Waals surface area contributed by atoms with Gasteiger partial charge < -0.3 is 10.2 Å². The molecule has 2 aromatic rings. The predicted octanol–water partition coefficient (Wildman–Crippen LogP) is 3.52. The third kappa shape index (κ3) is 4.56. The Morgan fingerprint density at radius 3 is 2.32 bits per heavy atom. The van der Waals surface area contributed by atoms with E-state index in [0.29, 0.717) is 18.0 Å². The highest BCUT2D eigenvalue weighted by Gasteiger charge is 2.14. The number of carbonyl (C=O) groups is 1. The summed E-state index contributed by atoms with van der Waals surface area (Å²) in [5, 5.41) is 2.96. The Balaban J connectivity index is 1.62. The molecule has 1 aromatic heterocycles. The number of benzene rings is 1. The molecule has 1 aromatic carbocycles. The first kappa shape index (κ1) is 17.4. The van der Waals surface area contributed by atoms with Crippen LogP contribution in [0.1, 0.15) is 43.5 Å². The molecule has 1 fully saturated rings. The van der Waals surface area contributed by atoms with Gasteiger partial charge in [-0.1, -0.05) is 26.0 Å². The third-order valence-corrected chi connectivity index (χ3v) is 4.51. The zero-order valence-corrected chi connectivity index (χ0v) is 15.0. The van der Waals surface area contributed by atoms with Crippen molar-refractivity contribution in [3.8, 4) is 11.1 Å². The molecule has 1 amide bonds. The number of carbonyl (C=O) groups excluding carboxylic acids is 1. The summed E-state index contributed by atoms with van der Waals surface area (Å²) in [6.45, 7) is 7.10. The lowest BCUT2D eigenvalue weighted by Gasteiger charge is -2.14. The van der Waals surface area contributed by atoms with E-state index in [-0.39, 0.29) is 5.91 Å². The molecule has 1 saturated heterocycles. The summed E-state index contributed by atoms with van der Waals surface area (Å²) in [7, 11) is 0. The molecular weight excluding hydrogens is 312 g/mol. The van der Waals surface area contributed by atoms with Gasteiger partial charge in [-0.25, -0.2) is 9.97 Å². The van der Waals surface area contributed by atoms with Crippen molar-refractivity contribution >= 4 is 11.9 Å². The van der Waals surface area contributed by atoms with Crippen LogP contribution in [0.15, 0.2) is 36.7 Å². The van der Waals surface area contributed by atoms with Gasteiger partial charge in [0.05, 0.1) is 0 Å². The van der Waals surface area contributed by atoms with Crippen LogP contribution in [-0.4, -0.2) is 35.5 Å². The van der Waals surface area contributed by atoms with Crippen molar-refractivity contribution in [3.63, 3.8) is 0 Å². The Morgan fingerprint density at radius 2 is 1.72 bits per heavy atom. The van der Waals surface area contributed by atoms with Gasteiger partial charge in [0, 0.05) is 43.2 Å². The number of amides is 1. The van der Waals surface area contributed by atoms with Crippen molar-refractivity contribution in [2.75, 3.05) is 24.5 Å². The first-order chi connectivity index (χ1) is 12.1. The van der Waals surface area contributed by atoms with Crippen LogP contribution < -0.4 is 10.2 Å². The van der Waals surface area contributed by atoms with Crippen molar-refractivity contribution in [2.24, 2.45) is 5.92 Å². The van der Waals surface area contributed by atoms with E-state index in [1.54, 1.807) is 0 Å². The fraction of sp³-hybridized carbons (Fsp3) is 0.450. The summed E-state index contributed by atoms with van der Waals surface area (Å²) >= 11 is 0. The highest BCUT2D eigenvalue weighted by molar-refractivity contribution is 5.94. The van der Waals surface area contributed by atoms with Crippen molar-refractivity contribution in [3.05, 3.63) is 42.2 Å². The molecule has 3 rings (SSSR count). The maximum absolute atomic E-state index is 12.1. The Morgan fingerprint density at radius 1 is 1.08 bits per heavy atom. The fourth-order valence-corrected chi connectivity index (χ4v) is 2.94. The number of aromatic nitrogens is 2. The zero-order valence-electron chi connectivity index (χ0n) is 15.0. The van der Waals surface area contributed by atoms with Crippen LogP contribution in [0.4, 0.5) is 5.95 Å². The van der Waals surface area contributed by atoms with Gasteiger partial charge >= 0.3 is 0 Å². The lowest BCUT2D eigenvalue weighted by molar-refractivity contribution is 0.0952. The smallest absolute Gasteiger partial charge is 0.251 e. The van der Waals surface area contributed by atoms with E-state index in [0.717, 1.165) is 36.6 Å². The molecule has 0 radical (unpaired) electrons. The van der Waals surface area contributed by atoms with Gasteiger partial charge in [0.1, 0.15) is 0 Å². The van der Waals surface area contributed by atoms with E-state index in [2.05, 4.69) is 34.0 Å². The summed E-state index contributed by atoms with van der Waals surface area (Å²) in [5.74, 6) is 1.38.